The highest BCUT2D eigenvalue weighted by Crippen LogP contribution is 2.27. The van der Waals surface area contributed by atoms with Gasteiger partial charge in [0.05, 0.1) is 5.52 Å². The van der Waals surface area contributed by atoms with Crippen molar-refractivity contribution in [2.45, 2.75) is 26.3 Å². The van der Waals surface area contributed by atoms with Crippen molar-refractivity contribution in [3.05, 3.63) is 34.5 Å². The molecule has 0 saturated heterocycles. The van der Waals surface area contributed by atoms with Crippen LogP contribution in [0.25, 0.3) is 10.9 Å². The van der Waals surface area contributed by atoms with Gasteiger partial charge in [0.15, 0.2) is 0 Å². The number of aromatic nitrogens is 1. The minimum Gasteiger partial charge on any atom is -0.347 e. The summed E-state index contributed by atoms with van der Waals surface area (Å²) in [7, 11) is 2.07. The Labute approximate surface area is 101 Å². The second kappa shape index (κ2) is 4.11. The average molecular weight is 237 g/mol. The zero-order valence-corrected chi connectivity index (χ0v) is 10.7. The van der Waals surface area contributed by atoms with Crippen LogP contribution in [0.4, 0.5) is 0 Å². The lowest BCUT2D eigenvalue weighted by molar-refractivity contribution is 0.696. The summed E-state index contributed by atoms with van der Waals surface area (Å²) in [5.74, 6) is 0. The summed E-state index contributed by atoms with van der Waals surface area (Å²) in [6, 6.07) is 6.39. The van der Waals surface area contributed by atoms with Crippen molar-refractivity contribution in [1.82, 2.24) is 4.57 Å². The molecule has 3 heteroatoms. The number of fused-ring (bicyclic) bond motifs is 1. The fraction of sp³-hybridized carbons (Fsp3) is 0.385. The Morgan fingerprint density at radius 1 is 1.44 bits per heavy atom. The fourth-order valence-electron chi connectivity index (χ4n) is 2.20. The van der Waals surface area contributed by atoms with E-state index in [4.69, 9.17) is 17.3 Å². The summed E-state index contributed by atoms with van der Waals surface area (Å²) in [5.41, 5.74) is 9.45. The molecular weight excluding hydrogens is 220 g/mol. The van der Waals surface area contributed by atoms with E-state index in [1.165, 1.54) is 16.6 Å². The highest BCUT2D eigenvalue weighted by Gasteiger charge is 2.10. The lowest BCUT2D eigenvalue weighted by Crippen LogP contribution is -2.19. The van der Waals surface area contributed by atoms with E-state index in [1.807, 2.05) is 13.0 Å². The third kappa shape index (κ3) is 1.83. The molecule has 2 rings (SSSR count). The number of hydrogen-bond acceptors (Lipinski definition) is 1. The topological polar surface area (TPSA) is 30.9 Å². The van der Waals surface area contributed by atoms with E-state index < -0.39 is 0 Å². The van der Waals surface area contributed by atoms with Gasteiger partial charge in [0.25, 0.3) is 0 Å². The van der Waals surface area contributed by atoms with Crippen molar-refractivity contribution in [2.75, 3.05) is 0 Å². The Morgan fingerprint density at radius 3 is 2.75 bits per heavy atom. The maximum Gasteiger partial charge on any atom is 0.0524 e. The van der Waals surface area contributed by atoms with Crippen LogP contribution in [0.2, 0.25) is 5.02 Å². The van der Waals surface area contributed by atoms with Gasteiger partial charge in [-0.05, 0) is 31.5 Å². The number of aryl methyl sites for hydroxylation is 2. The van der Waals surface area contributed by atoms with Gasteiger partial charge in [-0.15, -0.1) is 0 Å². The second-order valence-corrected chi connectivity index (χ2v) is 4.89. The molecule has 0 saturated carbocycles. The van der Waals surface area contributed by atoms with Crippen LogP contribution in [0, 0.1) is 6.92 Å². The molecule has 1 aromatic carbocycles. The number of rotatable bonds is 2. The Kier molecular flexibility index (Phi) is 2.96. The van der Waals surface area contributed by atoms with Crippen LogP contribution >= 0.6 is 11.6 Å². The molecule has 0 aliphatic heterocycles. The van der Waals surface area contributed by atoms with Crippen molar-refractivity contribution in [2.24, 2.45) is 12.8 Å². The van der Waals surface area contributed by atoms with Crippen LogP contribution in [0.5, 0.6) is 0 Å². The third-order valence-electron chi connectivity index (χ3n) is 3.02. The smallest absolute Gasteiger partial charge is 0.0524 e. The number of hydrogen-bond donors (Lipinski definition) is 1. The van der Waals surface area contributed by atoms with E-state index in [0.29, 0.717) is 0 Å². The summed E-state index contributed by atoms with van der Waals surface area (Å²) < 4.78 is 2.19. The predicted molar refractivity (Wildman–Crippen MR) is 70.0 cm³/mol. The Bertz CT molecular complexity index is 526. The third-order valence-corrected chi connectivity index (χ3v) is 3.43. The minimum atomic E-state index is 0.179. The van der Waals surface area contributed by atoms with Gasteiger partial charge in [-0.1, -0.05) is 17.7 Å². The lowest BCUT2D eigenvalue weighted by atomic mass is 10.1. The predicted octanol–water partition coefficient (Wildman–Crippen LogP) is 3.03. The Hall–Kier alpha value is -0.990. The van der Waals surface area contributed by atoms with Gasteiger partial charge >= 0.3 is 0 Å². The molecular formula is C13H17ClN2. The lowest BCUT2D eigenvalue weighted by Gasteiger charge is -2.08. The summed E-state index contributed by atoms with van der Waals surface area (Å²) in [5, 5.41) is 2.06. The monoisotopic (exact) mass is 236 g/mol. The van der Waals surface area contributed by atoms with Crippen LogP contribution in [-0.2, 0) is 13.5 Å². The van der Waals surface area contributed by atoms with Crippen molar-refractivity contribution in [3.8, 4) is 0 Å². The first-order valence-corrected chi connectivity index (χ1v) is 5.87. The van der Waals surface area contributed by atoms with E-state index >= 15 is 0 Å². The SMILES string of the molecule is Cc1c(Cl)ccc2cc(CC(C)N)n(C)c12. The highest BCUT2D eigenvalue weighted by atomic mass is 35.5. The van der Waals surface area contributed by atoms with Gasteiger partial charge in [0, 0.05) is 35.6 Å². The van der Waals surface area contributed by atoms with Gasteiger partial charge in [0.1, 0.15) is 0 Å². The van der Waals surface area contributed by atoms with Crippen LogP contribution in [0.1, 0.15) is 18.2 Å². The summed E-state index contributed by atoms with van der Waals surface area (Å²) in [6.45, 7) is 4.08. The van der Waals surface area contributed by atoms with Crippen LogP contribution in [0.3, 0.4) is 0 Å². The van der Waals surface area contributed by atoms with E-state index in [1.54, 1.807) is 0 Å². The molecule has 0 amide bonds. The number of nitrogens with zero attached hydrogens (tertiary/aromatic N) is 1. The quantitative estimate of drug-likeness (QED) is 0.854. The molecule has 0 aliphatic carbocycles. The van der Waals surface area contributed by atoms with Gasteiger partial charge in [-0.3, -0.25) is 0 Å². The molecule has 0 aliphatic rings. The van der Waals surface area contributed by atoms with Gasteiger partial charge in [0.2, 0.25) is 0 Å². The molecule has 86 valence electrons. The maximum absolute atomic E-state index is 6.14. The number of halogens is 1. The molecule has 16 heavy (non-hydrogen) atoms. The normalized spacial score (nSPS) is 13.3. The van der Waals surface area contributed by atoms with Crippen LogP contribution < -0.4 is 5.73 Å². The van der Waals surface area contributed by atoms with E-state index in [0.717, 1.165) is 17.0 Å². The van der Waals surface area contributed by atoms with Crippen molar-refractivity contribution in [3.63, 3.8) is 0 Å². The van der Waals surface area contributed by atoms with Gasteiger partial charge in [-0.25, -0.2) is 0 Å². The standard InChI is InChI=1S/C13H17ClN2/c1-8(15)6-11-7-10-4-5-12(14)9(2)13(10)16(11)3/h4-5,7-8H,6,15H2,1-3H3. The molecule has 1 heterocycles. The molecule has 0 spiro atoms. The van der Waals surface area contributed by atoms with E-state index in [9.17, 15) is 0 Å². The largest absolute Gasteiger partial charge is 0.347 e. The molecule has 0 radical (unpaired) electrons. The zero-order chi connectivity index (χ0) is 11.9. The number of nitrogens with two attached hydrogens (primary N) is 1. The maximum atomic E-state index is 6.14. The van der Waals surface area contributed by atoms with E-state index in [-0.39, 0.29) is 6.04 Å². The molecule has 0 bridgehead atoms. The average Bonchev–Trinajstić information content (AvgIpc) is 2.50. The number of benzene rings is 1. The molecule has 2 nitrogen and oxygen atoms in total. The molecule has 1 unspecified atom stereocenters. The second-order valence-electron chi connectivity index (χ2n) is 4.49. The minimum absolute atomic E-state index is 0.179. The van der Waals surface area contributed by atoms with Gasteiger partial charge < -0.3 is 10.3 Å². The Balaban J connectivity index is 2.64. The Morgan fingerprint density at radius 2 is 2.12 bits per heavy atom. The molecule has 1 atom stereocenters. The zero-order valence-electron chi connectivity index (χ0n) is 9.92. The van der Waals surface area contributed by atoms with Crippen molar-refractivity contribution in [1.29, 1.82) is 0 Å². The highest BCUT2D eigenvalue weighted by molar-refractivity contribution is 6.32. The fourth-order valence-corrected chi connectivity index (χ4v) is 2.36. The van der Waals surface area contributed by atoms with Crippen molar-refractivity contribution >= 4 is 22.5 Å². The van der Waals surface area contributed by atoms with Crippen molar-refractivity contribution < 1.29 is 0 Å². The molecule has 0 fully saturated rings. The first-order valence-electron chi connectivity index (χ1n) is 5.49. The summed E-state index contributed by atoms with van der Waals surface area (Å²) >= 11 is 6.14. The van der Waals surface area contributed by atoms with Gasteiger partial charge in [-0.2, -0.15) is 0 Å². The molecule has 2 aromatic rings. The van der Waals surface area contributed by atoms with E-state index in [2.05, 4.69) is 30.7 Å². The first kappa shape index (κ1) is 11.5. The summed E-state index contributed by atoms with van der Waals surface area (Å²) in [6.07, 6.45) is 0.891. The molecule has 2 N–H and O–H groups in total. The molecule has 1 aromatic heterocycles. The van der Waals surface area contributed by atoms with Crippen LogP contribution in [-0.4, -0.2) is 10.6 Å². The van der Waals surface area contributed by atoms with Crippen LogP contribution in [0.15, 0.2) is 18.2 Å². The first-order chi connectivity index (χ1) is 7.50. The summed E-state index contributed by atoms with van der Waals surface area (Å²) in [4.78, 5) is 0.